The summed E-state index contributed by atoms with van der Waals surface area (Å²) in [5, 5.41) is 35.8. The topological polar surface area (TPSA) is 162 Å². The minimum absolute atomic E-state index is 0. The van der Waals surface area contributed by atoms with Crippen LogP contribution in [0.5, 0.6) is 11.5 Å². The Kier molecular flexibility index (Phi) is 12.3. The first-order valence-corrected chi connectivity index (χ1v) is 12.4. The van der Waals surface area contributed by atoms with Gasteiger partial charge in [-0.25, -0.2) is 0 Å². The van der Waals surface area contributed by atoms with Crippen LogP contribution in [0.1, 0.15) is 38.2 Å². The van der Waals surface area contributed by atoms with E-state index in [0.29, 0.717) is 28.3 Å². The van der Waals surface area contributed by atoms with Gasteiger partial charge in [0.2, 0.25) is 0 Å². The van der Waals surface area contributed by atoms with Gasteiger partial charge in [-0.1, -0.05) is 0 Å². The van der Waals surface area contributed by atoms with Gasteiger partial charge in [0, 0.05) is 52.5 Å². The Labute approximate surface area is 225 Å². The summed E-state index contributed by atoms with van der Waals surface area (Å²) >= 11 is 0. The lowest BCUT2D eigenvalue weighted by atomic mass is 10.1. The highest BCUT2D eigenvalue weighted by Crippen LogP contribution is 2.27. The second kappa shape index (κ2) is 15.4. The van der Waals surface area contributed by atoms with Gasteiger partial charge in [-0.05, 0) is 58.0 Å². The number of piperidine rings is 2. The first-order chi connectivity index (χ1) is 18.3. The van der Waals surface area contributed by atoms with E-state index in [-0.39, 0.29) is 19.3 Å². The number of nitrogen functional groups attached to an aromatic ring is 1. The number of aliphatic hydroxyl groups excluding tert-OH is 1. The van der Waals surface area contributed by atoms with Crippen LogP contribution >= 0.6 is 0 Å². The zero-order valence-electron chi connectivity index (χ0n) is 22.2. The molecule has 2 aromatic rings. The van der Waals surface area contributed by atoms with E-state index in [9.17, 15) is 10.1 Å². The van der Waals surface area contributed by atoms with Crippen LogP contribution in [0.4, 0.5) is 11.4 Å². The molecule has 11 heteroatoms. The molecule has 0 saturated carbocycles. The number of hydrogen-bond acceptors (Lipinski definition) is 10. The fourth-order valence-corrected chi connectivity index (χ4v) is 4.11. The second-order valence-corrected chi connectivity index (χ2v) is 9.16. The predicted molar refractivity (Wildman–Crippen MR) is 146 cm³/mol. The lowest BCUT2D eigenvalue weighted by molar-refractivity contribution is -0.385. The Bertz CT molecular complexity index is 1140. The molecule has 2 saturated heterocycles. The summed E-state index contributed by atoms with van der Waals surface area (Å²) in [7, 11) is 5.15. The molecule has 4 rings (SSSR count). The Hall–Kier alpha value is -3.90. The van der Waals surface area contributed by atoms with Gasteiger partial charge in [0.1, 0.15) is 35.8 Å². The zero-order valence-corrected chi connectivity index (χ0v) is 22.2. The Morgan fingerprint density at radius 3 is 1.74 bits per heavy atom. The fraction of sp³-hybridized carbons (Fsp3) is 0.481. The van der Waals surface area contributed by atoms with Crippen molar-refractivity contribution in [3.63, 3.8) is 0 Å². The van der Waals surface area contributed by atoms with Crippen LogP contribution in [-0.2, 0) is 0 Å². The molecule has 2 aromatic carbocycles. The van der Waals surface area contributed by atoms with Crippen molar-refractivity contribution >= 4 is 11.4 Å². The van der Waals surface area contributed by atoms with Crippen molar-refractivity contribution in [2.45, 2.75) is 37.9 Å². The molecule has 2 heterocycles. The summed E-state index contributed by atoms with van der Waals surface area (Å²) in [4.78, 5) is 14.8. The van der Waals surface area contributed by atoms with Crippen LogP contribution in [-0.4, -0.2) is 79.4 Å². The highest BCUT2D eigenvalue weighted by atomic mass is 16.6. The van der Waals surface area contributed by atoms with Crippen molar-refractivity contribution in [1.29, 1.82) is 10.5 Å². The van der Waals surface area contributed by atoms with E-state index >= 15 is 0 Å². The van der Waals surface area contributed by atoms with Crippen LogP contribution in [0.2, 0.25) is 0 Å². The molecule has 0 amide bonds. The molecule has 0 aliphatic carbocycles. The number of nitro groups is 1. The molecule has 11 nitrogen and oxygen atoms in total. The first kappa shape index (κ1) is 30.3. The number of anilines is 1. The largest absolute Gasteiger partial charge is 0.489 e. The van der Waals surface area contributed by atoms with E-state index in [4.69, 9.17) is 30.8 Å². The SMILES string of the molecule is CN1CCC(Oc2cc(N)ccc2C#N)CC1.CN1CCC(Oc2cc([N+](=O)[O-])ccc2C#N)CC1.CO.[HH]. The summed E-state index contributed by atoms with van der Waals surface area (Å²) in [6, 6.07) is 13.4. The van der Waals surface area contributed by atoms with Gasteiger partial charge in [0.05, 0.1) is 22.1 Å². The lowest BCUT2D eigenvalue weighted by Crippen LogP contribution is -2.35. The standard InChI is InChI=1S/C13H15N3O3.C13H17N3O.CH4O.H2/c1-15-6-4-12(5-7-15)19-13-8-11(16(17)18)3-2-10(13)9-14;1-16-6-4-12(5-7-16)17-13-8-11(15)3-2-10(13)9-14;1-2;/h2-3,8,12H,4-7H2,1H3;2-3,8,12H,4-7,15H2,1H3;2H,1H3;1H. The monoisotopic (exact) mass is 526 g/mol. The predicted octanol–water partition coefficient (Wildman–Crippen LogP) is 3.41. The van der Waals surface area contributed by atoms with Crippen molar-refractivity contribution in [3.8, 4) is 23.6 Å². The fourth-order valence-electron chi connectivity index (χ4n) is 4.11. The van der Waals surface area contributed by atoms with Crippen LogP contribution in [0.3, 0.4) is 0 Å². The number of rotatable bonds is 5. The molecule has 0 atom stereocenters. The average Bonchev–Trinajstić information content (AvgIpc) is 2.93. The summed E-state index contributed by atoms with van der Waals surface area (Å²) in [6.07, 6.45) is 3.94. The van der Waals surface area contributed by atoms with Crippen LogP contribution in [0.25, 0.3) is 0 Å². The first-order valence-electron chi connectivity index (χ1n) is 12.4. The van der Waals surface area contributed by atoms with Gasteiger partial charge in [-0.2, -0.15) is 10.5 Å². The molecule has 2 aliphatic heterocycles. The van der Waals surface area contributed by atoms with Gasteiger partial charge in [-0.15, -0.1) is 0 Å². The Morgan fingerprint density at radius 1 is 0.895 bits per heavy atom. The van der Waals surface area contributed by atoms with Gasteiger partial charge < -0.3 is 30.1 Å². The number of nitriles is 2. The maximum atomic E-state index is 10.7. The smallest absolute Gasteiger partial charge is 0.273 e. The molecule has 38 heavy (non-hydrogen) atoms. The zero-order chi connectivity index (χ0) is 28.1. The minimum Gasteiger partial charge on any atom is -0.489 e. The van der Waals surface area contributed by atoms with Crippen molar-refractivity contribution in [2.24, 2.45) is 0 Å². The summed E-state index contributed by atoms with van der Waals surface area (Å²) in [5.74, 6) is 0.924. The number of nitrogens with two attached hydrogens (primary N) is 1. The molecule has 0 spiro atoms. The maximum Gasteiger partial charge on any atom is 0.273 e. The molecule has 0 radical (unpaired) electrons. The average molecular weight is 527 g/mol. The Morgan fingerprint density at radius 2 is 1.32 bits per heavy atom. The minimum atomic E-state index is -0.483. The molecular formula is C27H38N6O5. The number of non-ortho nitro benzene ring substituents is 1. The quantitative estimate of drug-likeness (QED) is 0.335. The van der Waals surface area contributed by atoms with Gasteiger partial charge in [0.15, 0.2) is 0 Å². The van der Waals surface area contributed by atoms with E-state index in [2.05, 4.69) is 22.9 Å². The maximum absolute atomic E-state index is 10.7. The third-order valence-electron chi connectivity index (χ3n) is 6.34. The Balaban J connectivity index is 0.000000360. The second-order valence-electron chi connectivity index (χ2n) is 9.16. The number of benzene rings is 2. The van der Waals surface area contributed by atoms with Gasteiger partial charge in [-0.3, -0.25) is 10.1 Å². The molecule has 0 aromatic heterocycles. The third kappa shape index (κ3) is 9.20. The van der Waals surface area contributed by atoms with Gasteiger partial charge in [0.25, 0.3) is 5.69 Å². The van der Waals surface area contributed by atoms with Crippen LogP contribution in [0, 0.1) is 32.8 Å². The van der Waals surface area contributed by atoms with E-state index in [1.54, 1.807) is 18.2 Å². The lowest BCUT2D eigenvalue weighted by Gasteiger charge is -2.29. The van der Waals surface area contributed by atoms with Crippen molar-refractivity contribution in [2.75, 3.05) is 53.1 Å². The number of likely N-dealkylation sites (tertiary alicyclic amines) is 2. The molecule has 0 bridgehead atoms. The number of ether oxygens (including phenoxy) is 2. The summed E-state index contributed by atoms with van der Waals surface area (Å²) < 4.78 is 11.6. The summed E-state index contributed by atoms with van der Waals surface area (Å²) in [5.41, 5.74) is 7.18. The molecule has 2 fully saturated rings. The molecule has 0 unspecified atom stereocenters. The number of nitro benzene ring substituents is 1. The molecular weight excluding hydrogens is 488 g/mol. The molecule has 3 N–H and O–H groups in total. The van der Waals surface area contributed by atoms with Crippen LogP contribution in [0.15, 0.2) is 36.4 Å². The van der Waals surface area contributed by atoms with E-state index < -0.39 is 4.92 Å². The number of aliphatic hydroxyl groups is 1. The number of hydrogen-bond donors (Lipinski definition) is 2. The highest BCUT2D eigenvalue weighted by Gasteiger charge is 2.21. The van der Waals surface area contributed by atoms with Crippen molar-refractivity contribution in [1.82, 2.24) is 9.80 Å². The van der Waals surface area contributed by atoms with Crippen molar-refractivity contribution < 1.29 is 20.9 Å². The van der Waals surface area contributed by atoms with Crippen molar-refractivity contribution in [3.05, 3.63) is 57.6 Å². The highest BCUT2D eigenvalue weighted by molar-refractivity contribution is 5.53. The summed E-state index contributed by atoms with van der Waals surface area (Å²) in [6.45, 7) is 3.94. The third-order valence-corrected chi connectivity index (χ3v) is 6.34. The van der Waals surface area contributed by atoms with E-state index in [1.165, 1.54) is 18.2 Å². The molecule has 206 valence electrons. The van der Waals surface area contributed by atoms with Gasteiger partial charge >= 0.3 is 0 Å². The molecule has 2 aliphatic rings. The number of nitrogens with zero attached hydrogens (tertiary/aromatic N) is 5. The normalized spacial score (nSPS) is 16.5. The van der Waals surface area contributed by atoms with Crippen LogP contribution < -0.4 is 15.2 Å². The van der Waals surface area contributed by atoms with E-state index in [1.807, 2.05) is 13.1 Å². The van der Waals surface area contributed by atoms with E-state index in [0.717, 1.165) is 59.0 Å².